The van der Waals surface area contributed by atoms with Crippen LogP contribution in [0.2, 0.25) is 0 Å². The molecule has 1 heterocycles. The smallest absolute Gasteiger partial charge is 0.408 e. The fraction of sp³-hybridized carbons (Fsp3) is 0.571. The van der Waals surface area contributed by atoms with Crippen molar-refractivity contribution in [1.82, 2.24) is 10.2 Å². The summed E-state index contributed by atoms with van der Waals surface area (Å²) in [4.78, 5) is 1.47. The number of rotatable bonds is 3. The molecule has 21 heavy (non-hydrogen) atoms. The van der Waals surface area contributed by atoms with Gasteiger partial charge in [0, 0.05) is 26.2 Å². The third kappa shape index (κ3) is 4.25. The maximum absolute atomic E-state index is 13.4. The van der Waals surface area contributed by atoms with Gasteiger partial charge in [-0.3, -0.25) is 4.90 Å². The Hall–Kier alpha value is -0.980. The topological polar surface area (TPSA) is 24.5 Å². The van der Waals surface area contributed by atoms with Crippen molar-refractivity contribution < 1.29 is 17.9 Å². The van der Waals surface area contributed by atoms with E-state index in [-0.39, 0.29) is 18.0 Å². The zero-order valence-electron chi connectivity index (χ0n) is 12.0. The normalized spacial score (nSPS) is 18.0. The van der Waals surface area contributed by atoms with Crippen LogP contribution < -0.4 is 10.1 Å². The van der Waals surface area contributed by atoms with E-state index in [0.717, 1.165) is 5.56 Å². The zero-order chi connectivity index (χ0) is 14.8. The lowest BCUT2D eigenvalue weighted by Crippen LogP contribution is -2.49. The Labute approximate surface area is 128 Å². The summed E-state index contributed by atoms with van der Waals surface area (Å²) in [5.41, 5.74) is 1.07. The van der Waals surface area contributed by atoms with Crippen molar-refractivity contribution in [1.29, 1.82) is 0 Å². The molecule has 1 atom stereocenters. The van der Waals surface area contributed by atoms with Crippen LogP contribution in [-0.2, 0) is 0 Å². The van der Waals surface area contributed by atoms with E-state index in [4.69, 9.17) is 4.74 Å². The largest absolute Gasteiger partial charge is 0.496 e. The molecule has 0 spiro atoms. The molecule has 1 saturated heterocycles. The van der Waals surface area contributed by atoms with Crippen molar-refractivity contribution in [2.24, 2.45) is 0 Å². The number of hydrogen-bond acceptors (Lipinski definition) is 3. The van der Waals surface area contributed by atoms with Crippen LogP contribution in [0, 0.1) is 6.92 Å². The molecule has 1 N–H and O–H groups in total. The van der Waals surface area contributed by atoms with Gasteiger partial charge in [0.1, 0.15) is 11.8 Å². The van der Waals surface area contributed by atoms with Crippen molar-refractivity contribution in [2.45, 2.75) is 19.1 Å². The average molecular weight is 325 g/mol. The number of aryl methyl sites for hydroxylation is 1. The molecule has 1 aromatic rings. The van der Waals surface area contributed by atoms with Crippen LogP contribution in [0.1, 0.15) is 17.2 Å². The van der Waals surface area contributed by atoms with E-state index in [2.05, 4.69) is 5.32 Å². The predicted octanol–water partition coefficient (Wildman–Crippen LogP) is 2.93. The Bertz CT molecular complexity index is 462. The van der Waals surface area contributed by atoms with Gasteiger partial charge in [0.2, 0.25) is 0 Å². The second-order valence-electron chi connectivity index (χ2n) is 4.96. The highest BCUT2D eigenvalue weighted by molar-refractivity contribution is 5.85. The van der Waals surface area contributed by atoms with Gasteiger partial charge >= 0.3 is 6.18 Å². The highest BCUT2D eigenvalue weighted by atomic mass is 35.5. The molecule has 7 heteroatoms. The number of nitrogens with zero attached hydrogens (tertiary/aromatic N) is 1. The first-order chi connectivity index (χ1) is 9.43. The molecular weight excluding hydrogens is 305 g/mol. The first-order valence-electron chi connectivity index (χ1n) is 6.59. The van der Waals surface area contributed by atoms with Gasteiger partial charge in [0.05, 0.1) is 7.11 Å². The summed E-state index contributed by atoms with van der Waals surface area (Å²) >= 11 is 0. The summed E-state index contributed by atoms with van der Waals surface area (Å²) in [7, 11) is 1.47. The molecule has 3 nitrogen and oxygen atoms in total. The quantitative estimate of drug-likeness (QED) is 0.925. The standard InChI is InChI=1S/C14H19F3N2O.ClH/c1-10-3-4-11(9-12(10)20-2)13(14(15,16)17)19-7-5-18-6-8-19;/h3-4,9,13,18H,5-8H2,1-2H3;1H/t13-;/m1./s1. The van der Waals surface area contributed by atoms with Crippen LogP contribution >= 0.6 is 12.4 Å². The molecule has 0 unspecified atom stereocenters. The Morgan fingerprint density at radius 1 is 1.24 bits per heavy atom. The molecule has 0 saturated carbocycles. The molecule has 120 valence electrons. The summed E-state index contributed by atoms with van der Waals surface area (Å²) in [6.45, 7) is 3.75. The molecule has 1 aliphatic heterocycles. The fourth-order valence-electron chi connectivity index (χ4n) is 2.55. The van der Waals surface area contributed by atoms with Crippen LogP contribution in [0.3, 0.4) is 0 Å². The highest BCUT2D eigenvalue weighted by Crippen LogP contribution is 2.39. The predicted molar refractivity (Wildman–Crippen MR) is 78.2 cm³/mol. The maximum atomic E-state index is 13.4. The van der Waals surface area contributed by atoms with Crippen LogP contribution in [0.4, 0.5) is 13.2 Å². The van der Waals surface area contributed by atoms with E-state index in [1.165, 1.54) is 24.1 Å². The second-order valence-corrected chi connectivity index (χ2v) is 4.96. The van der Waals surface area contributed by atoms with E-state index in [9.17, 15) is 13.2 Å². The molecule has 0 aliphatic carbocycles. The molecule has 2 rings (SSSR count). The number of alkyl halides is 3. The number of halogens is 4. The van der Waals surface area contributed by atoms with Gasteiger partial charge in [-0.15, -0.1) is 12.4 Å². The lowest BCUT2D eigenvalue weighted by molar-refractivity contribution is -0.187. The van der Waals surface area contributed by atoms with Crippen LogP contribution in [0.5, 0.6) is 5.75 Å². The van der Waals surface area contributed by atoms with Crippen molar-refractivity contribution >= 4 is 12.4 Å². The number of hydrogen-bond donors (Lipinski definition) is 1. The van der Waals surface area contributed by atoms with Crippen molar-refractivity contribution in [2.75, 3.05) is 33.3 Å². The van der Waals surface area contributed by atoms with Crippen LogP contribution in [-0.4, -0.2) is 44.4 Å². The maximum Gasteiger partial charge on any atom is 0.408 e. The van der Waals surface area contributed by atoms with E-state index >= 15 is 0 Å². The van der Waals surface area contributed by atoms with Crippen LogP contribution in [0.25, 0.3) is 0 Å². The molecule has 0 aromatic heterocycles. The van der Waals surface area contributed by atoms with Crippen molar-refractivity contribution in [3.8, 4) is 5.75 Å². The minimum absolute atomic E-state index is 0. The monoisotopic (exact) mass is 324 g/mol. The number of nitrogens with one attached hydrogen (secondary N) is 1. The summed E-state index contributed by atoms with van der Waals surface area (Å²) < 4.78 is 45.4. The van der Waals surface area contributed by atoms with Crippen LogP contribution in [0.15, 0.2) is 18.2 Å². The van der Waals surface area contributed by atoms with Gasteiger partial charge in [-0.1, -0.05) is 12.1 Å². The Morgan fingerprint density at radius 3 is 2.38 bits per heavy atom. The van der Waals surface area contributed by atoms with Gasteiger partial charge < -0.3 is 10.1 Å². The molecule has 0 amide bonds. The van der Waals surface area contributed by atoms with Gasteiger partial charge in [0.25, 0.3) is 0 Å². The minimum Gasteiger partial charge on any atom is -0.496 e. The van der Waals surface area contributed by atoms with E-state index in [1.54, 1.807) is 6.07 Å². The average Bonchev–Trinajstić information content (AvgIpc) is 2.40. The zero-order valence-corrected chi connectivity index (χ0v) is 12.9. The number of piperazine rings is 1. The number of methoxy groups -OCH3 is 1. The molecule has 0 bridgehead atoms. The fourth-order valence-corrected chi connectivity index (χ4v) is 2.55. The minimum atomic E-state index is -4.29. The van der Waals surface area contributed by atoms with Gasteiger partial charge in [-0.2, -0.15) is 13.2 Å². The Kier molecular flexibility index (Phi) is 6.31. The molecule has 0 radical (unpaired) electrons. The summed E-state index contributed by atoms with van der Waals surface area (Å²) in [5.74, 6) is 0.492. The highest BCUT2D eigenvalue weighted by Gasteiger charge is 2.45. The van der Waals surface area contributed by atoms with E-state index < -0.39 is 12.2 Å². The summed E-state index contributed by atoms with van der Waals surface area (Å²) in [6.07, 6.45) is -4.29. The Balaban J connectivity index is 0.00000220. The van der Waals surface area contributed by atoms with Crippen molar-refractivity contribution in [3.63, 3.8) is 0 Å². The lowest BCUT2D eigenvalue weighted by atomic mass is 10.0. The molecule has 1 aliphatic rings. The first-order valence-corrected chi connectivity index (χ1v) is 6.59. The van der Waals surface area contributed by atoms with E-state index in [0.29, 0.717) is 31.9 Å². The second kappa shape index (κ2) is 7.33. The molecule has 1 fully saturated rings. The Morgan fingerprint density at radius 2 is 1.86 bits per heavy atom. The number of ether oxygens (including phenoxy) is 1. The molecular formula is C14H20ClF3N2O. The summed E-state index contributed by atoms with van der Waals surface area (Å²) in [6, 6.07) is 3.14. The third-order valence-corrected chi connectivity index (χ3v) is 3.57. The number of benzene rings is 1. The van der Waals surface area contributed by atoms with Gasteiger partial charge in [-0.05, 0) is 24.1 Å². The van der Waals surface area contributed by atoms with Crippen molar-refractivity contribution in [3.05, 3.63) is 29.3 Å². The first kappa shape index (κ1) is 18.1. The third-order valence-electron chi connectivity index (χ3n) is 3.57. The summed E-state index contributed by atoms with van der Waals surface area (Å²) in [5, 5.41) is 3.07. The molecule has 1 aromatic carbocycles. The van der Waals surface area contributed by atoms with E-state index in [1.807, 2.05) is 6.92 Å². The van der Waals surface area contributed by atoms with Gasteiger partial charge in [0.15, 0.2) is 0 Å². The van der Waals surface area contributed by atoms with Gasteiger partial charge in [-0.25, -0.2) is 0 Å². The SMILES string of the molecule is COc1cc([C@@H](N2CCNCC2)C(F)(F)F)ccc1C.Cl. The lowest BCUT2D eigenvalue weighted by Gasteiger charge is -2.36.